The third-order valence-electron chi connectivity index (χ3n) is 3.49. The van der Waals surface area contributed by atoms with Crippen molar-refractivity contribution in [2.75, 3.05) is 20.2 Å². The van der Waals surface area contributed by atoms with E-state index in [9.17, 15) is 4.79 Å². The van der Waals surface area contributed by atoms with Crippen molar-refractivity contribution in [1.82, 2.24) is 9.88 Å². The van der Waals surface area contributed by atoms with Crippen LogP contribution in [-0.4, -0.2) is 36.0 Å². The number of halogens is 1. The maximum atomic E-state index is 12.6. The minimum absolute atomic E-state index is 0.0137. The van der Waals surface area contributed by atoms with Crippen LogP contribution in [-0.2, 0) is 5.41 Å². The molecule has 130 valence electrons. The van der Waals surface area contributed by atoms with Crippen molar-refractivity contribution >= 4 is 28.8 Å². The Labute approximate surface area is 152 Å². The molecule has 0 spiro atoms. The summed E-state index contributed by atoms with van der Waals surface area (Å²) in [6.07, 6.45) is 0. The summed E-state index contributed by atoms with van der Waals surface area (Å²) in [4.78, 5) is 19.5. The number of nitrogens with zero attached hydrogens (tertiary/aromatic N) is 2. The van der Waals surface area contributed by atoms with Gasteiger partial charge in [-0.05, 0) is 31.2 Å². The molecular formula is C18H23ClN2O2S. The molecule has 0 saturated carbocycles. The molecule has 4 nitrogen and oxygen atoms in total. The number of carbonyl (C=O) groups is 1. The van der Waals surface area contributed by atoms with Gasteiger partial charge in [-0.25, -0.2) is 4.98 Å². The molecule has 0 aliphatic carbocycles. The average Bonchev–Trinajstić information content (AvgIpc) is 2.90. The predicted octanol–water partition coefficient (Wildman–Crippen LogP) is 4.55. The molecule has 2 rings (SSSR count). The number of thiazole rings is 1. The predicted molar refractivity (Wildman–Crippen MR) is 99.5 cm³/mol. The highest BCUT2D eigenvalue weighted by Gasteiger charge is 2.24. The highest BCUT2D eigenvalue weighted by atomic mass is 35.5. The Morgan fingerprint density at radius 2 is 1.92 bits per heavy atom. The Kier molecular flexibility index (Phi) is 5.88. The molecule has 24 heavy (non-hydrogen) atoms. The first-order chi connectivity index (χ1) is 11.2. The van der Waals surface area contributed by atoms with Crippen molar-refractivity contribution < 1.29 is 9.53 Å². The van der Waals surface area contributed by atoms with Crippen LogP contribution < -0.4 is 4.74 Å². The molecule has 1 aromatic carbocycles. The number of benzene rings is 1. The quantitative estimate of drug-likeness (QED) is 0.779. The zero-order chi connectivity index (χ0) is 17.9. The largest absolute Gasteiger partial charge is 0.492 e. The molecule has 0 aliphatic rings. The van der Waals surface area contributed by atoms with Crippen molar-refractivity contribution in [2.45, 2.75) is 33.1 Å². The minimum atomic E-state index is -0.0514. The van der Waals surface area contributed by atoms with Gasteiger partial charge < -0.3 is 9.64 Å². The summed E-state index contributed by atoms with van der Waals surface area (Å²) >= 11 is 7.32. The van der Waals surface area contributed by atoms with Crippen LogP contribution in [0, 0.1) is 6.92 Å². The van der Waals surface area contributed by atoms with E-state index in [0.29, 0.717) is 23.1 Å². The van der Waals surface area contributed by atoms with Gasteiger partial charge in [-0.2, -0.15) is 0 Å². The van der Waals surface area contributed by atoms with Crippen molar-refractivity contribution in [1.29, 1.82) is 0 Å². The maximum absolute atomic E-state index is 12.6. The van der Waals surface area contributed by atoms with E-state index in [0.717, 1.165) is 16.5 Å². The van der Waals surface area contributed by atoms with Crippen LogP contribution in [0.1, 0.15) is 41.1 Å². The van der Waals surface area contributed by atoms with Crippen LogP contribution in [0.2, 0.25) is 5.02 Å². The van der Waals surface area contributed by atoms with Gasteiger partial charge in [0.2, 0.25) is 0 Å². The van der Waals surface area contributed by atoms with Gasteiger partial charge in [-0.1, -0.05) is 32.4 Å². The Morgan fingerprint density at radius 1 is 1.29 bits per heavy atom. The molecule has 2 aromatic rings. The van der Waals surface area contributed by atoms with Crippen LogP contribution in [0.3, 0.4) is 0 Å². The smallest absolute Gasteiger partial charge is 0.265 e. The third kappa shape index (κ3) is 4.71. The molecule has 1 amide bonds. The molecule has 6 heteroatoms. The molecule has 0 saturated heterocycles. The van der Waals surface area contributed by atoms with Gasteiger partial charge in [0.05, 0.1) is 17.2 Å². The fourth-order valence-corrected chi connectivity index (χ4v) is 3.27. The summed E-state index contributed by atoms with van der Waals surface area (Å²) in [5.41, 5.74) is 0.741. The van der Waals surface area contributed by atoms with Crippen LogP contribution >= 0.6 is 22.9 Å². The lowest BCUT2D eigenvalue weighted by atomic mass is 9.98. The Hall–Kier alpha value is -1.59. The van der Waals surface area contributed by atoms with E-state index in [1.807, 2.05) is 19.1 Å². The van der Waals surface area contributed by atoms with Crippen LogP contribution in [0.15, 0.2) is 24.3 Å². The monoisotopic (exact) mass is 366 g/mol. The van der Waals surface area contributed by atoms with Gasteiger partial charge in [0.15, 0.2) is 0 Å². The number of hydrogen-bond donors (Lipinski definition) is 0. The zero-order valence-corrected chi connectivity index (χ0v) is 16.3. The second-order valence-electron chi connectivity index (χ2n) is 6.71. The van der Waals surface area contributed by atoms with Gasteiger partial charge in [0, 0.05) is 17.5 Å². The van der Waals surface area contributed by atoms with Crippen LogP contribution in [0.4, 0.5) is 0 Å². The summed E-state index contributed by atoms with van der Waals surface area (Å²) in [5.74, 6) is 0.726. The summed E-state index contributed by atoms with van der Waals surface area (Å²) in [7, 11) is 1.78. The lowest BCUT2D eigenvalue weighted by Gasteiger charge is -2.17. The molecule has 0 aliphatic heterocycles. The Morgan fingerprint density at radius 3 is 2.46 bits per heavy atom. The van der Waals surface area contributed by atoms with Crippen LogP contribution in [0.5, 0.6) is 5.75 Å². The first-order valence-electron chi connectivity index (χ1n) is 7.80. The number of hydrogen-bond acceptors (Lipinski definition) is 4. The normalized spacial score (nSPS) is 11.4. The Balaban J connectivity index is 1.94. The molecule has 0 fully saturated rings. The second-order valence-corrected chi connectivity index (χ2v) is 8.15. The topological polar surface area (TPSA) is 42.4 Å². The molecule has 0 atom stereocenters. The SMILES string of the molecule is Cc1nc(C(C)(C)C)sc1C(=O)N(C)CCOc1ccc(Cl)cc1. The molecule has 1 aromatic heterocycles. The summed E-state index contributed by atoms with van der Waals surface area (Å²) in [6.45, 7) is 9.12. The van der Waals surface area contributed by atoms with Crippen molar-refractivity contribution in [2.24, 2.45) is 0 Å². The van der Waals surface area contributed by atoms with Gasteiger partial charge in [0.1, 0.15) is 17.2 Å². The molecule has 0 bridgehead atoms. The Bertz CT molecular complexity index is 705. The number of ether oxygens (including phenoxy) is 1. The average molecular weight is 367 g/mol. The van der Waals surface area contributed by atoms with Gasteiger partial charge in [-0.3, -0.25) is 4.79 Å². The zero-order valence-electron chi connectivity index (χ0n) is 14.7. The summed E-state index contributed by atoms with van der Waals surface area (Å²) in [6, 6.07) is 7.18. The van der Waals surface area contributed by atoms with Crippen molar-refractivity contribution in [3.05, 3.63) is 44.9 Å². The van der Waals surface area contributed by atoms with Gasteiger partial charge in [0.25, 0.3) is 5.91 Å². The van der Waals surface area contributed by atoms with Crippen LogP contribution in [0.25, 0.3) is 0 Å². The fourth-order valence-electron chi connectivity index (χ4n) is 2.02. The van der Waals surface area contributed by atoms with Gasteiger partial charge in [-0.15, -0.1) is 11.3 Å². The van der Waals surface area contributed by atoms with Crippen molar-refractivity contribution in [3.63, 3.8) is 0 Å². The molecular weight excluding hydrogens is 344 g/mol. The summed E-state index contributed by atoms with van der Waals surface area (Å²) in [5, 5.41) is 1.65. The van der Waals surface area contributed by atoms with E-state index in [1.165, 1.54) is 11.3 Å². The number of amides is 1. The number of rotatable bonds is 5. The van der Waals surface area contributed by atoms with E-state index in [1.54, 1.807) is 24.1 Å². The maximum Gasteiger partial charge on any atom is 0.265 e. The number of aryl methyl sites for hydroxylation is 1. The first-order valence-corrected chi connectivity index (χ1v) is 8.99. The number of likely N-dealkylation sites (N-methyl/N-ethyl adjacent to an activating group) is 1. The fraction of sp³-hybridized carbons (Fsp3) is 0.444. The lowest BCUT2D eigenvalue weighted by molar-refractivity contribution is 0.0777. The molecule has 0 N–H and O–H groups in total. The van der Waals surface area contributed by atoms with E-state index in [-0.39, 0.29) is 11.3 Å². The highest BCUT2D eigenvalue weighted by Crippen LogP contribution is 2.29. The minimum Gasteiger partial charge on any atom is -0.492 e. The standard InChI is InChI=1S/C18H23ClN2O2S/c1-12-15(24-17(20-12)18(2,3)4)16(22)21(5)10-11-23-14-8-6-13(19)7-9-14/h6-9H,10-11H2,1-5H3. The molecule has 0 unspecified atom stereocenters. The van der Waals surface area contributed by atoms with Gasteiger partial charge >= 0.3 is 0 Å². The summed E-state index contributed by atoms with van der Waals surface area (Å²) < 4.78 is 5.64. The number of aromatic nitrogens is 1. The second kappa shape index (κ2) is 7.53. The van der Waals surface area contributed by atoms with E-state index in [2.05, 4.69) is 25.8 Å². The highest BCUT2D eigenvalue weighted by molar-refractivity contribution is 7.14. The molecule has 1 heterocycles. The first kappa shape index (κ1) is 18.7. The third-order valence-corrected chi connectivity index (χ3v) is 5.31. The van der Waals surface area contributed by atoms with E-state index in [4.69, 9.17) is 16.3 Å². The van der Waals surface area contributed by atoms with Crippen molar-refractivity contribution in [3.8, 4) is 5.75 Å². The van der Waals surface area contributed by atoms with E-state index < -0.39 is 0 Å². The molecule has 0 radical (unpaired) electrons. The van der Waals surface area contributed by atoms with E-state index >= 15 is 0 Å². The number of carbonyl (C=O) groups excluding carboxylic acids is 1. The lowest BCUT2D eigenvalue weighted by Crippen LogP contribution is -2.30.